The Hall–Kier alpha value is -1.91. The molecule has 80 valence electrons. The molecule has 0 bridgehead atoms. The van der Waals surface area contributed by atoms with Crippen LogP contribution in [-0.2, 0) is 16.2 Å². The van der Waals surface area contributed by atoms with Crippen LogP contribution in [0.5, 0.6) is 0 Å². The molecule has 5 heteroatoms. The number of hydrogen-bond donors (Lipinski definition) is 1. The van der Waals surface area contributed by atoms with Gasteiger partial charge in [-0.3, -0.25) is 0 Å². The molecule has 0 radical (unpaired) electrons. The highest BCUT2D eigenvalue weighted by molar-refractivity contribution is 6.36. The van der Waals surface area contributed by atoms with E-state index >= 15 is 0 Å². The Morgan fingerprint density at radius 3 is 2.60 bits per heavy atom. The molecule has 0 amide bonds. The van der Waals surface area contributed by atoms with Gasteiger partial charge in [-0.2, -0.15) is 0 Å². The summed E-state index contributed by atoms with van der Waals surface area (Å²) in [7, 11) is 0. The van der Waals surface area contributed by atoms with Gasteiger partial charge in [0, 0.05) is 0 Å². The van der Waals surface area contributed by atoms with Gasteiger partial charge >= 0.3 is 5.97 Å². The van der Waals surface area contributed by atoms with Crippen LogP contribution in [0.15, 0.2) is 35.5 Å². The first-order valence-electron chi connectivity index (χ1n) is 4.26. The molecule has 0 aliphatic rings. The summed E-state index contributed by atoms with van der Waals surface area (Å²) >= 11 is 0. The third kappa shape index (κ3) is 3.76. The van der Waals surface area contributed by atoms with E-state index in [1.807, 2.05) is 18.2 Å². The fraction of sp³-hybridized carbons (Fsp3) is 0.200. The Kier molecular flexibility index (Phi) is 4.28. The second-order valence-electron chi connectivity index (χ2n) is 2.74. The molecular weight excluding hydrogens is 201 g/mol. The van der Waals surface area contributed by atoms with Crippen LogP contribution in [0.4, 0.5) is 4.39 Å². The first-order valence-corrected chi connectivity index (χ1v) is 4.26. The number of alkyl halides is 1. The van der Waals surface area contributed by atoms with E-state index < -0.39 is 18.4 Å². The van der Waals surface area contributed by atoms with Gasteiger partial charge in [0.2, 0.25) is 0 Å². The van der Waals surface area contributed by atoms with Gasteiger partial charge in [-0.1, -0.05) is 35.5 Å². The first-order chi connectivity index (χ1) is 7.24. The van der Waals surface area contributed by atoms with E-state index in [-0.39, 0.29) is 6.61 Å². The lowest BCUT2D eigenvalue weighted by atomic mass is 10.2. The number of carboxylic acid groups (broad SMARTS) is 1. The normalized spacial score (nSPS) is 11.1. The number of carbonyl (C=O) groups is 1. The summed E-state index contributed by atoms with van der Waals surface area (Å²) in [5.74, 6) is -1.41. The third-order valence-electron chi connectivity index (χ3n) is 1.62. The van der Waals surface area contributed by atoms with Crippen molar-refractivity contribution in [2.24, 2.45) is 5.16 Å². The SMILES string of the molecule is O=C(O)C(CF)=NOCc1ccccc1. The number of aliphatic carboxylic acids is 1. The summed E-state index contributed by atoms with van der Waals surface area (Å²) in [5.41, 5.74) is 0.204. The maximum Gasteiger partial charge on any atom is 0.356 e. The average molecular weight is 211 g/mol. The third-order valence-corrected chi connectivity index (χ3v) is 1.62. The quantitative estimate of drug-likeness (QED) is 0.594. The molecule has 0 unspecified atom stereocenters. The van der Waals surface area contributed by atoms with Crippen LogP contribution < -0.4 is 0 Å². The molecule has 0 fully saturated rings. The molecule has 1 aromatic carbocycles. The monoisotopic (exact) mass is 211 g/mol. The molecule has 0 heterocycles. The standard InChI is InChI=1S/C10H10FNO3/c11-6-9(10(13)14)12-15-7-8-4-2-1-3-5-8/h1-5H,6-7H2,(H,13,14). The van der Waals surface area contributed by atoms with E-state index in [2.05, 4.69) is 5.16 Å². The van der Waals surface area contributed by atoms with Crippen LogP contribution in [-0.4, -0.2) is 23.5 Å². The lowest BCUT2D eigenvalue weighted by Crippen LogP contribution is -2.15. The molecule has 4 nitrogen and oxygen atoms in total. The second-order valence-corrected chi connectivity index (χ2v) is 2.74. The van der Waals surface area contributed by atoms with Crippen LogP contribution >= 0.6 is 0 Å². The number of benzene rings is 1. The van der Waals surface area contributed by atoms with Gasteiger partial charge in [-0.15, -0.1) is 0 Å². The molecule has 0 aromatic heterocycles. The van der Waals surface area contributed by atoms with E-state index in [4.69, 9.17) is 9.94 Å². The zero-order chi connectivity index (χ0) is 11.1. The van der Waals surface area contributed by atoms with Gasteiger partial charge in [-0.25, -0.2) is 9.18 Å². The van der Waals surface area contributed by atoms with Gasteiger partial charge in [-0.05, 0) is 5.56 Å². The van der Waals surface area contributed by atoms with Crippen molar-refractivity contribution in [3.05, 3.63) is 35.9 Å². The largest absolute Gasteiger partial charge is 0.477 e. The van der Waals surface area contributed by atoms with Gasteiger partial charge in [0.15, 0.2) is 5.71 Å². The fourth-order valence-corrected chi connectivity index (χ4v) is 0.880. The predicted octanol–water partition coefficient (Wildman–Crippen LogP) is 1.61. The summed E-state index contributed by atoms with van der Waals surface area (Å²) in [6.45, 7) is -1.03. The molecule has 0 saturated carbocycles. The number of hydrogen-bond acceptors (Lipinski definition) is 3. The summed E-state index contributed by atoms with van der Waals surface area (Å²) in [4.78, 5) is 15.0. The van der Waals surface area contributed by atoms with Crippen LogP contribution in [0.25, 0.3) is 0 Å². The van der Waals surface area contributed by atoms with E-state index in [0.717, 1.165) is 5.56 Å². The lowest BCUT2D eigenvalue weighted by Gasteiger charge is -2.00. The first kappa shape index (κ1) is 11.2. The van der Waals surface area contributed by atoms with Crippen molar-refractivity contribution in [2.45, 2.75) is 6.61 Å². The van der Waals surface area contributed by atoms with Crippen molar-refractivity contribution in [2.75, 3.05) is 6.67 Å². The fourth-order valence-electron chi connectivity index (χ4n) is 0.880. The van der Waals surface area contributed by atoms with Gasteiger partial charge in [0.1, 0.15) is 13.3 Å². The Morgan fingerprint density at radius 2 is 2.07 bits per heavy atom. The Morgan fingerprint density at radius 1 is 1.40 bits per heavy atom. The zero-order valence-corrected chi connectivity index (χ0v) is 7.89. The highest BCUT2D eigenvalue weighted by atomic mass is 19.1. The van der Waals surface area contributed by atoms with Crippen LogP contribution in [0.1, 0.15) is 5.56 Å². The lowest BCUT2D eigenvalue weighted by molar-refractivity contribution is -0.129. The molecule has 1 rings (SSSR count). The smallest absolute Gasteiger partial charge is 0.356 e. The van der Waals surface area contributed by atoms with Crippen molar-refractivity contribution in [3.8, 4) is 0 Å². The molecule has 0 spiro atoms. The number of oxime groups is 1. The molecule has 0 aliphatic heterocycles. The van der Waals surface area contributed by atoms with E-state index in [1.165, 1.54) is 0 Å². The number of halogens is 1. The Bertz CT molecular complexity index is 351. The van der Waals surface area contributed by atoms with Crippen LogP contribution in [0.2, 0.25) is 0 Å². The molecule has 1 N–H and O–H groups in total. The maximum absolute atomic E-state index is 12.0. The van der Waals surface area contributed by atoms with Crippen molar-refractivity contribution >= 4 is 11.7 Å². The minimum absolute atomic E-state index is 0.123. The van der Waals surface area contributed by atoms with Crippen molar-refractivity contribution < 1.29 is 19.1 Å². The summed E-state index contributed by atoms with van der Waals surface area (Å²) in [6.07, 6.45) is 0. The minimum Gasteiger partial charge on any atom is -0.477 e. The van der Waals surface area contributed by atoms with Gasteiger partial charge < -0.3 is 9.94 Å². The number of rotatable bonds is 5. The summed E-state index contributed by atoms with van der Waals surface area (Å²) in [5, 5.41) is 11.6. The van der Waals surface area contributed by atoms with E-state index in [9.17, 15) is 9.18 Å². The second kappa shape index (κ2) is 5.74. The number of carboxylic acids is 1. The molecular formula is C10H10FNO3. The minimum atomic E-state index is -1.41. The maximum atomic E-state index is 12.0. The van der Waals surface area contributed by atoms with Crippen LogP contribution in [0, 0.1) is 0 Å². The molecule has 0 atom stereocenters. The number of nitrogens with zero attached hydrogens (tertiary/aromatic N) is 1. The zero-order valence-electron chi connectivity index (χ0n) is 7.89. The predicted molar refractivity (Wildman–Crippen MR) is 52.3 cm³/mol. The van der Waals surface area contributed by atoms with Crippen molar-refractivity contribution in [1.82, 2.24) is 0 Å². The summed E-state index contributed by atoms with van der Waals surface area (Å²) in [6, 6.07) is 9.07. The summed E-state index contributed by atoms with van der Waals surface area (Å²) < 4.78 is 12.0. The van der Waals surface area contributed by atoms with E-state index in [0.29, 0.717) is 0 Å². The van der Waals surface area contributed by atoms with Gasteiger partial charge in [0.05, 0.1) is 0 Å². The van der Waals surface area contributed by atoms with Gasteiger partial charge in [0.25, 0.3) is 0 Å². The average Bonchev–Trinajstić information content (AvgIpc) is 2.25. The van der Waals surface area contributed by atoms with Crippen molar-refractivity contribution in [1.29, 1.82) is 0 Å². The Balaban J connectivity index is 2.48. The van der Waals surface area contributed by atoms with Crippen molar-refractivity contribution in [3.63, 3.8) is 0 Å². The molecule has 0 saturated heterocycles. The van der Waals surface area contributed by atoms with E-state index in [1.54, 1.807) is 12.1 Å². The molecule has 15 heavy (non-hydrogen) atoms. The topological polar surface area (TPSA) is 58.9 Å². The highest BCUT2D eigenvalue weighted by Crippen LogP contribution is 2.00. The molecule has 1 aromatic rings. The van der Waals surface area contributed by atoms with Crippen LogP contribution in [0.3, 0.4) is 0 Å². The Labute approximate surface area is 86.0 Å². The highest BCUT2D eigenvalue weighted by Gasteiger charge is 2.08. The molecule has 0 aliphatic carbocycles.